The van der Waals surface area contributed by atoms with Gasteiger partial charge < -0.3 is 4.74 Å². The van der Waals surface area contributed by atoms with Crippen LogP contribution >= 0.6 is 23.2 Å². The van der Waals surface area contributed by atoms with Gasteiger partial charge in [-0.1, -0.05) is 65.7 Å². The highest BCUT2D eigenvalue weighted by molar-refractivity contribution is 6.31. The Bertz CT molecular complexity index is 1280. The van der Waals surface area contributed by atoms with E-state index in [1.165, 1.54) is 7.11 Å². The molecule has 0 bridgehead atoms. The number of esters is 1. The first-order valence-corrected chi connectivity index (χ1v) is 11.4. The molecule has 172 valence electrons. The molecule has 8 heteroatoms. The number of hydrogen-bond donors (Lipinski definition) is 1. The largest absolute Gasteiger partial charge is 0.467 e. The molecular formula is C26H20Cl2N2O4. The van der Waals surface area contributed by atoms with E-state index < -0.39 is 41.2 Å². The van der Waals surface area contributed by atoms with Gasteiger partial charge in [0.2, 0.25) is 11.8 Å². The second-order valence-electron chi connectivity index (χ2n) is 8.33. The molecule has 0 aromatic heterocycles. The van der Waals surface area contributed by atoms with Crippen LogP contribution in [0.5, 0.6) is 0 Å². The number of amides is 2. The predicted octanol–water partition coefficient (Wildman–Crippen LogP) is 4.51. The summed E-state index contributed by atoms with van der Waals surface area (Å²) in [6.45, 7) is 0. The van der Waals surface area contributed by atoms with Gasteiger partial charge in [0.05, 0.1) is 24.6 Å². The third-order valence-electron chi connectivity index (χ3n) is 6.59. The molecule has 2 aliphatic rings. The highest BCUT2D eigenvalue weighted by Crippen LogP contribution is 2.54. The minimum Gasteiger partial charge on any atom is -0.467 e. The molecule has 2 amide bonds. The van der Waals surface area contributed by atoms with Gasteiger partial charge >= 0.3 is 5.97 Å². The lowest BCUT2D eigenvalue weighted by Crippen LogP contribution is -2.53. The van der Waals surface area contributed by atoms with E-state index in [-0.39, 0.29) is 0 Å². The van der Waals surface area contributed by atoms with Crippen molar-refractivity contribution >= 4 is 46.7 Å². The zero-order chi connectivity index (χ0) is 24.0. The van der Waals surface area contributed by atoms with Crippen molar-refractivity contribution in [3.63, 3.8) is 0 Å². The molecular weight excluding hydrogens is 475 g/mol. The van der Waals surface area contributed by atoms with Crippen LogP contribution in [0.3, 0.4) is 0 Å². The number of carbonyl (C=O) groups excluding carboxylic acids is 3. The number of imide groups is 1. The molecule has 2 aliphatic heterocycles. The molecule has 2 saturated heterocycles. The van der Waals surface area contributed by atoms with E-state index in [0.717, 1.165) is 4.90 Å². The number of halogens is 2. The topological polar surface area (TPSA) is 75.7 Å². The molecule has 0 saturated carbocycles. The third kappa shape index (κ3) is 3.33. The molecule has 2 fully saturated rings. The highest BCUT2D eigenvalue weighted by atomic mass is 35.5. The zero-order valence-corrected chi connectivity index (χ0v) is 19.6. The standard InChI is InChI=1S/C26H20Cl2N2O4/c1-34-25(33)26(16-7-3-2-4-8-16)21-20(22(29-26)15-6-5-9-18(28)14-15)23(31)30(24(21)32)19-12-10-17(27)11-13-19/h2-14,20-22,29H,1H3/t20-,21-,22-,26-/m0/s1. The Morgan fingerprint density at radius 2 is 1.62 bits per heavy atom. The highest BCUT2D eigenvalue weighted by Gasteiger charge is 2.69. The number of rotatable bonds is 4. The van der Waals surface area contributed by atoms with Gasteiger partial charge in [-0.05, 0) is 47.5 Å². The van der Waals surface area contributed by atoms with Crippen LogP contribution in [0.1, 0.15) is 17.2 Å². The van der Waals surface area contributed by atoms with E-state index in [1.54, 1.807) is 66.7 Å². The molecule has 0 aliphatic carbocycles. The summed E-state index contributed by atoms with van der Waals surface area (Å²) < 4.78 is 5.22. The SMILES string of the molecule is COC(=O)[C@@]1(c2ccccc2)N[C@@H](c2cccc(Cl)c2)[C@H]2C(=O)N(c3ccc(Cl)cc3)C(=O)[C@H]21. The molecule has 0 unspecified atom stereocenters. The molecule has 5 rings (SSSR count). The molecule has 34 heavy (non-hydrogen) atoms. The normalized spacial score (nSPS) is 26.0. The van der Waals surface area contributed by atoms with Crippen molar-refractivity contribution in [3.8, 4) is 0 Å². The first-order valence-electron chi connectivity index (χ1n) is 10.7. The summed E-state index contributed by atoms with van der Waals surface area (Å²) in [5.74, 6) is -3.42. The van der Waals surface area contributed by atoms with Crippen LogP contribution in [-0.2, 0) is 24.7 Å². The summed E-state index contributed by atoms with van der Waals surface area (Å²) in [5, 5.41) is 4.30. The maximum Gasteiger partial charge on any atom is 0.331 e. The molecule has 0 spiro atoms. The van der Waals surface area contributed by atoms with E-state index in [1.807, 2.05) is 12.1 Å². The summed E-state index contributed by atoms with van der Waals surface area (Å²) in [6.07, 6.45) is 0. The number of methoxy groups -OCH3 is 1. The Labute approximate surface area is 206 Å². The summed E-state index contributed by atoms with van der Waals surface area (Å²) in [5.41, 5.74) is 0.0657. The molecule has 3 aromatic carbocycles. The van der Waals surface area contributed by atoms with Crippen LogP contribution < -0.4 is 10.2 Å². The van der Waals surface area contributed by atoms with Crippen LogP contribution in [0, 0.1) is 11.8 Å². The lowest BCUT2D eigenvalue weighted by molar-refractivity contribution is -0.152. The fraction of sp³-hybridized carbons (Fsp3) is 0.192. The van der Waals surface area contributed by atoms with Crippen LogP contribution in [0.2, 0.25) is 10.0 Å². The lowest BCUT2D eigenvalue weighted by Gasteiger charge is -2.33. The minimum atomic E-state index is -1.57. The Balaban J connectivity index is 1.73. The number of benzene rings is 3. The van der Waals surface area contributed by atoms with E-state index in [2.05, 4.69) is 5.32 Å². The van der Waals surface area contributed by atoms with E-state index in [0.29, 0.717) is 26.9 Å². The summed E-state index contributed by atoms with van der Waals surface area (Å²) >= 11 is 12.3. The molecule has 0 radical (unpaired) electrons. The van der Waals surface area contributed by atoms with Crippen molar-refractivity contribution in [1.29, 1.82) is 0 Å². The van der Waals surface area contributed by atoms with Gasteiger partial charge in [-0.25, -0.2) is 9.69 Å². The zero-order valence-electron chi connectivity index (χ0n) is 18.1. The number of nitrogens with zero attached hydrogens (tertiary/aromatic N) is 1. The van der Waals surface area contributed by atoms with Crippen molar-refractivity contribution in [2.24, 2.45) is 11.8 Å². The van der Waals surface area contributed by atoms with Gasteiger partial charge in [0.15, 0.2) is 5.54 Å². The quantitative estimate of drug-likeness (QED) is 0.426. The van der Waals surface area contributed by atoms with Gasteiger partial charge in [-0.2, -0.15) is 0 Å². The maximum absolute atomic E-state index is 13.9. The predicted molar refractivity (Wildman–Crippen MR) is 128 cm³/mol. The van der Waals surface area contributed by atoms with E-state index in [4.69, 9.17) is 27.9 Å². The van der Waals surface area contributed by atoms with Gasteiger partial charge in [0.1, 0.15) is 0 Å². The first-order chi connectivity index (χ1) is 16.4. The van der Waals surface area contributed by atoms with Crippen molar-refractivity contribution in [1.82, 2.24) is 5.32 Å². The number of fused-ring (bicyclic) bond motifs is 1. The monoisotopic (exact) mass is 494 g/mol. The van der Waals surface area contributed by atoms with Gasteiger partial charge in [0.25, 0.3) is 0 Å². The molecule has 3 aromatic rings. The van der Waals surface area contributed by atoms with E-state index in [9.17, 15) is 14.4 Å². The smallest absolute Gasteiger partial charge is 0.331 e. The van der Waals surface area contributed by atoms with Crippen molar-refractivity contribution in [3.05, 3.63) is 100 Å². The molecule has 4 atom stereocenters. The van der Waals surface area contributed by atoms with Gasteiger partial charge in [-0.3, -0.25) is 14.9 Å². The number of hydrogen-bond acceptors (Lipinski definition) is 5. The molecule has 6 nitrogen and oxygen atoms in total. The Morgan fingerprint density at radius 3 is 2.26 bits per heavy atom. The number of ether oxygens (including phenoxy) is 1. The van der Waals surface area contributed by atoms with Crippen molar-refractivity contribution in [2.45, 2.75) is 11.6 Å². The Hall–Kier alpha value is -3.19. The van der Waals surface area contributed by atoms with Crippen molar-refractivity contribution < 1.29 is 19.1 Å². The average Bonchev–Trinajstić information content (AvgIpc) is 3.34. The maximum atomic E-state index is 13.9. The van der Waals surface area contributed by atoms with Crippen LogP contribution in [0.4, 0.5) is 5.69 Å². The van der Waals surface area contributed by atoms with Crippen LogP contribution in [-0.4, -0.2) is 24.9 Å². The van der Waals surface area contributed by atoms with Crippen molar-refractivity contribution in [2.75, 3.05) is 12.0 Å². The molecule has 2 heterocycles. The van der Waals surface area contributed by atoms with Crippen LogP contribution in [0.15, 0.2) is 78.9 Å². The van der Waals surface area contributed by atoms with Gasteiger partial charge in [0, 0.05) is 16.1 Å². The molecule has 1 N–H and O–H groups in total. The summed E-state index contributed by atoms with van der Waals surface area (Å²) in [4.78, 5) is 42.4. The second kappa shape index (κ2) is 8.55. The number of carbonyl (C=O) groups is 3. The van der Waals surface area contributed by atoms with Gasteiger partial charge in [-0.15, -0.1) is 0 Å². The average molecular weight is 495 g/mol. The second-order valence-corrected chi connectivity index (χ2v) is 9.21. The van der Waals surface area contributed by atoms with E-state index >= 15 is 0 Å². The first kappa shape index (κ1) is 22.6. The summed E-state index contributed by atoms with van der Waals surface area (Å²) in [7, 11) is 1.27. The summed E-state index contributed by atoms with van der Waals surface area (Å²) in [6, 6.07) is 21.7. The fourth-order valence-electron chi connectivity index (χ4n) is 5.17. The lowest BCUT2D eigenvalue weighted by atomic mass is 9.75. The Morgan fingerprint density at radius 1 is 0.912 bits per heavy atom. The minimum absolute atomic E-state index is 0.394. The fourth-order valence-corrected chi connectivity index (χ4v) is 5.50. The number of nitrogens with one attached hydrogen (secondary N) is 1. The van der Waals surface area contributed by atoms with Crippen LogP contribution in [0.25, 0.3) is 0 Å². The number of anilines is 1. The Kier molecular flexibility index (Phi) is 5.68. The third-order valence-corrected chi connectivity index (χ3v) is 7.08.